The monoisotopic (exact) mass is 274 g/mol. The molecule has 0 amide bonds. The SMILES string of the molecule is Cc1cc(/C=C/c2ccc3ccccc3c2)cc(C)c1O. The van der Waals surface area contributed by atoms with Crippen LogP contribution in [0.15, 0.2) is 54.6 Å². The lowest BCUT2D eigenvalue weighted by molar-refractivity contribution is 0.467. The van der Waals surface area contributed by atoms with Crippen molar-refractivity contribution in [3.05, 3.63) is 76.9 Å². The first-order chi connectivity index (χ1) is 10.1. The van der Waals surface area contributed by atoms with Crippen LogP contribution in [0.25, 0.3) is 22.9 Å². The van der Waals surface area contributed by atoms with Gasteiger partial charge in [0.25, 0.3) is 0 Å². The van der Waals surface area contributed by atoms with Crippen LogP contribution in [0.2, 0.25) is 0 Å². The summed E-state index contributed by atoms with van der Waals surface area (Å²) in [6.07, 6.45) is 4.20. The standard InChI is InChI=1S/C20H18O/c1-14-11-17(12-15(2)20(14)21)8-7-16-9-10-18-5-3-4-6-19(18)13-16/h3-13,21H,1-2H3/b8-7+. The Kier molecular flexibility index (Phi) is 3.49. The molecule has 0 aliphatic heterocycles. The second kappa shape index (κ2) is 5.45. The van der Waals surface area contributed by atoms with E-state index in [0.717, 1.165) is 16.7 Å². The Bertz CT molecular complexity index is 805. The minimum atomic E-state index is 0.387. The van der Waals surface area contributed by atoms with E-state index in [1.165, 1.54) is 16.3 Å². The van der Waals surface area contributed by atoms with Crippen LogP contribution < -0.4 is 0 Å². The van der Waals surface area contributed by atoms with E-state index in [-0.39, 0.29) is 0 Å². The van der Waals surface area contributed by atoms with E-state index in [1.807, 2.05) is 26.0 Å². The van der Waals surface area contributed by atoms with Gasteiger partial charge in [0, 0.05) is 0 Å². The van der Waals surface area contributed by atoms with Gasteiger partial charge in [-0.15, -0.1) is 0 Å². The van der Waals surface area contributed by atoms with E-state index in [2.05, 4.69) is 54.6 Å². The van der Waals surface area contributed by atoms with Gasteiger partial charge in [-0.25, -0.2) is 0 Å². The lowest BCUT2D eigenvalue weighted by Gasteiger charge is -2.05. The molecule has 0 radical (unpaired) electrons. The third-order valence-corrected chi connectivity index (χ3v) is 3.76. The number of hydrogen-bond donors (Lipinski definition) is 1. The summed E-state index contributed by atoms with van der Waals surface area (Å²) in [6, 6.07) is 18.8. The molecule has 0 spiro atoms. The Balaban J connectivity index is 1.94. The van der Waals surface area contributed by atoms with E-state index in [9.17, 15) is 5.11 Å². The van der Waals surface area contributed by atoms with Crippen molar-refractivity contribution in [2.75, 3.05) is 0 Å². The molecule has 0 bridgehead atoms. The average molecular weight is 274 g/mol. The Morgan fingerprint density at radius 1 is 0.714 bits per heavy atom. The van der Waals surface area contributed by atoms with Crippen molar-refractivity contribution in [2.24, 2.45) is 0 Å². The Morgan fingerprint density at radius 3 is 2.05 bits per heavy atom. The maximum Gasteiger partial charge on any atom is 0.121 e. The predicted octanol–water partition coefficient (Wildman–Crippen LogP) is 5.33. The second-order valence-electron chi connectivity index (χ2n) is 5.44. The highest BCUT2D eigenvalue weighted by Gasteiger charge is 2.01. The molecule has 3 aromatic rings. The van der Waals surface area contributed by atoms with Gasteiger partial charge in [-0.2, -0.15) is 0 Å². The van der Waals surface area contributed by atoms with Crippen LogP contribution in [-0.2, 0) is 0 Å². The van der Waals surface area contributed by atoms with Crippen LogP contribution in [0.3, 0.4) is 0 Å². The molecule has 0 unspecified atom stereocenters. The molecule has 0 atom stereocenters. The van der Waals surface area contributed by atoms with Crippen LogP contribution in [0, 0.1) is 13.8 Å². The van der Waals surface area contributed by atoms with Crippen molar-refractivity contribution in [3.63, 3.8) is 0 Å². The number of benzene rings is 3. The topological polar surface area (TPSA) is 20.2 Å². The fraction of sp³-hybridized carbons (Fsp3) is 0.100. The highest BCUT2D eigenvalue weighted by atomic mass is 16.3. The smallest absolute Gasteiger partial charge is 0.121 e. The minimum Gasteiger partial charge on any atom is -0.507 e. The van der Waals surface area contributed by atoms with Gasteiger partial charge in [0.2, 0.25) is 0 Å². The molecular formula is C20H18O. The zero-order chi connectivity index (χ0) is 14.8. The first-order valence-corrected chi connectivity index (χ1v) is 7.10. The van der Waals surface area contributed by atoms with Gasteiger partial charge in [-0.1, -0.05) is 48.6 Å². The molecule has 1 nitrogen and oxygen atoms in total. The van der Waals surface area contributed by atoms with Gasteiger partial charge in [-0.3, -0.25) is 0 Å². The van der Waals surface area contributed by atoms with Crippen molar-refractivity contribution < 1.29 is 5.11 Å². The minimum absolute atomic E-state index is 0.387. The number of phenols is 1. The Hall–Kier alpha value is -2.54. The number of phenolic OH excluding ortho intramolecular Hbond substituents is 1. The van der Waals surface area contributed by atoms with E-state index < -0.39 is 0 Å². The van der Waals surface area contributed by atoms with E-state index in [4.69, 9.17) is 0 Å². The summed E-state index contributed by atoms with van der Waals surface area (Å²) in [4.78, 5) is 0. The number of hydrogen-bond acceptors (Lipinski definition) is 1. The van der Waals surface area contributed by atoms with Gasteiger partial charge >= 0.3 is 0 Å². The average Bonchev–Trinajstić information content (AvgIpc) is 2.50. The molecule has 0 fully saturated rings. The zero-order valence-electron chi connectivity index (χ0n) is 12.3. The summed E-state index contributed by atoms with van der Waals surface area (Å²) in [5, 5.41) is 12.3. The summed E-state index contributed by atoms with van der Waals surface area (Å²) in [5.41, 5.74) is 4.11. The normalized spacial score (nSPS) is 11.3. The predicted molar refractivity (Wildman–Crippen MR) is 90.5 cm³/mol. The van der Waals surface area contributed by atoms with Gasteiger partial charge in [0.15, 0.2) is 0 Å². The molecule has 0 aliphatic rings. The number of aryl methyl sites for hydroxylation is 2. The number of aromatic hydroxyl groups is 1. The van der Waals surface area contributed by atoms with Crippen molar-refractivity contribution >= 4 is 22.9 Å². The van der Waals surface area contributed by atoms with Gasteiger partial charge in [-0.05, 0) is 65.1 Å². The first kappa shape index (κ1) is 13.4. The molecule has 0 saturated carbocycles. The van der Waals surface area contributed by atoms with Crippen LogP contribution in [0.5, 0.6) is 5.75 Å². The van der Waals surface area contributed by atoms with Crippen LogP contribution >= 0.6 is 0 Å². The molecule has 1 N–H and O–H groups in total. The fourth-order valence-electron chi connectivity index (χ4n) is 2.59. The number of rotatable bonds is 2. The third-order valence-electron chi connectivity index (χ3n) is 3.76. The molecule has 3 rings (SSSR count). The van der Waals surface area contributed by atoms with E-state index >= 15 is 0 Å². The van der Waals surface area contributed by atoms with Gasteiger partial charge < -0.3 is 5.11 Å². The summed E-state index contributed by atoms with van der Waals surface area (Å²) in [6.45, 7) is 3.85. The number of fused-ring (bicyclic) bond motifs is 1. The molecule has 0 aliphatic carbocycles. The summed E-state index contributed by atoms with van der Waals surface area (Å²) < 4.78 is 0. The zero-order valence-corrected chi connectivity index (χ0v) is 12.3. The first-order valence-electron chi connectivity index (χ1n) is 7.10. The quantitative estimate of drug-likeness (QED) is 0.626. The van der Waals surface area contributed by atoms with Crippen LogP contribution in [0.4, 0.5) is 0 Å². The third kappa shape index (κ3) is 2.82. The van der Waals surface area contributed by atoms with Crippen LogP contribution in [0.1, 0.15) is 22.3 Å². The molecule has 104 valence electrons. The van der Waals surface area contributed by atoms with E-state index in [1.54, 1.807) is 0 Å². The van der Waals surface area contributed by atoms with E-state index in [0.29, 0.717) is 5.75 Å². The van der Waals surface area contributed by atoms with Crippen molar-refractivity contribution in [1.82, 2.24) is 0 Å². The van der Waals surface area contributed by atoms with Crippen molar-refractivity contribution in [3.8, 4) is 5.75 Å². The van der Waals surface area contributed by atoms with Gasteiger partial charge in [0.1, 0.15) is 5.75 Å². The largest absolute Gasteiger partial charge is 0.507 e. The molecule has 3 aromatic carbocycles. The summed E-state index contributed by atoms with van der Waals surface area (Å²) >= 11 is 0. The molecule has 21 heavy (non-hydrogen) atoms. The molecular weight excluding hydrogens is 256 g/mol. The maximum absolute atomic E-state index is 9.81. The Morgan fingerprint density at radius 2 is 1.33 bits per heavy atom. The van der Waals surface area contributed by atoms with Crippen LogP contribution in [-0.4, -0.2) is 5.11 Å². The second-order valence-corrected chi connectivity index (χ2v) is 5.44. The van der Waals surface area contributed by atoms with Crippen molar-refractivity contribution in [1.29, 1.82) is 0 Å². The maximum atomic E-state index is 9.81. The lowest BCUT2D eigenvalue weighted by atomic mass is 10.0. The summed E-state index contributed by atoms with van der Waals surface area (Å²) in [5.74, 6) is 0.387. The Labute approximate surface area is 125 Å². The van der Waals surface area contributed by atoms with Crippen molar-refractivity contribution in [2.45, 2.75) is 13.8 Å². The fourth-order valence-corrected chi connectivity index (χ4v) is 2.59. The molecule has 0 saturated heterocycles. The molecule has 1 heteroatoms. The lowest BCUT2D eigenvalue weighted by Crippen LogP contribution is -1.83. The molecule has 0 aromatic heterocycles. The highest BCUT2D eigenvalue weighted by Crippen LogP contribution is 2.24. The van der Waals surface area contributed by atoms with Gasteiger partial charge in [0.05, 0.1) is 0 Å². The highest BCUT2D eigenvalue weighted by molar-refractivity contribution is 5.86. The summed E-state index contributed by atoms with van der Waals surface area (Å²) in [7, 11) is 0. The molecule has 0 heterocycles.